The van der Waals surface area contributed by atoms with Crippen molar-refractivity contribution in [1.82, 2.24) is 25.2 Å². The summed E-state index contributed by atoms with van der Waals surface area (Å²) < 4.78 is 23.8. The molecule has 0 unspecified atom stereocenters. The molecular formula is C30H31N5O6. The normalized spacial score (nSPS) is 16.5. The third kappa shape index (κ3) is 5.80. The number of rotatable bonds is 10. The second kappa shape index (κ2) is 11.8. The highest BCUT2D eigenvalue weighted by Crippen LogP contribution is 2.34. The molecule has 3 heterocycles. The second-order valence-corrected chi connectivity index (χ2v) is 10.0. The van der Waals surface area contributed by atoms with Gasteiger partial charge in [-0.05, 0) is 60.4 Å². The predicted molar refractivity (Wildman–Crippen MR) is 148 cm³/mol. The fraction of sp³-hybridized carbons (Fsp3) is 0.333. The van der Waals surface area contributed by atoms with Gasteiger partial charge in [0.1, 0.15) is 23.9 Å². The van der Waals surface area contributed by atoms with E-state index in [0.29, 0.717) is 41.5 Å². The molecule has 0 radical (unpaired) electrons. The molecule has 1 N–H and O–H groups in total. The maximum Gasteiger partial charge on any atom is 0.247 e. The van der Waals surface area contributed by atoms with Crippen molar-refractivity contribution in [2.24, 2.45) is 0 Å². The van der Waals surface area contributed by atoms with Crippen molar-refractivity contribution in [3.05, 3.63) is 77.9 Å². The number of carbonyl (C=O) groups excluding carboxylic acids is 2. The molecule has 0 bridgehead atoms. The summed E-state index contributed by atoms with van der Waals surface area (Å²) in [5, 5.41) is 11.4. The minimum atomic E-state index is -0.959. The van der Waals surface area contributed by atoms with Gasteiger partial charge in [-0.25, -0.2) is 4.68 Å². The van der Waals surface area contributed by atoms with E-state index in [1.807, 2.05) is 54.6 Å². The molecule has 11 heteroatoms. The van der Waals surface area contributed by atoms with E-state index in [1.165, 1.54) is 0 Å². The highest BCUT2D eigenvalue weighted by Gasteiger charge is 2.33. The molecule has 2 aliphatic rings. The fourth-order valence-electron chi connectivity index (χ4n) is 5.21. The van der Waals surface area contributed by atoms with E-state index in [1.54, 1.807) is 28.8 Å². The molecule has 11 nitrogen and oxygen atoms in total. The fourth-order valence-corrected chi connectivity index (χ4v) is 5.21. The first-order chi connectivity index (χ1) is 20.1. The molecule has 6 rings (SSSR count). The number of amides is 2. The highest BCUT2D eigenvalue weighted by atomic mass is 16.7. The summed E-state index contributed by atoms with van der Waals surface area (Å²) in [7, 11) is 1.57. The number of ether oxygens (including phenoxy) is 4. The van der Waals surface area contributed by atoms with E-state index >= 15 is 0 Å². The molecule has 2 aliphatic heterocycles. The van der Waals surface area contributed by atoms with Crippen LogP contribution in [0.2, 0.25) is 0 Å². The van der Waals surface area contributed by atoms with Gasteiger partial charge in [0.2, 0.25) is 18.6 Å². The lowest BCUT2D eigenvalue weighted by Gasteiger charge is -2.32. The SMILES string of the molecule is COc1cccc([C@@H](C(=O)NC[C@@H]2CCCO2)N(Cc2ccc3c(c2)OCO3)C(=O)Cn2nnc3ccccc32)c1. The van der Waals surface area contributed by atoms with Gasteiger partial charge in [-0.3, -0.25) is 9.59 Å². The van der Waals surface area contributed by atoms with Crippen molar-refractivity contribution in [2.75, 3.05) is 27.1 Å². The Morgan fingerprint density at radius 1 is 1.10 bits per heavy atom. The lowest BCUT2D eigenvalue weighted by molar-refractivity contribution is -0.142. The number of hydrogen-bond acceptors (Lipinski definition) is 8. The summed E-state index contributed by atoms with van der Waals surface area (Å²) in [6.45, 7) is 1.21. The number of methoxy groups -OCH3 is 1. The van der Waals surface area contributed by atoms with Gasteiger partial charge in [0.15, 0.2) is 11.5 Å². The Labute approximate surface area is 236 Å². The zero-order chi connectivity index (χ0) is 28.2. The average Bonchev–Trinajstić information content (AvgIpc) is 3.77. The molecular weight excluding hydrogens is 526 g/mol. The van der Waals surface area contributed by atoms with E-state index < -0.39 is 6.04 Å². The van der Waals surface area contributed by atoms with E-state index in [-0.39, 0.29) is 37.8 Å². The largest absolute Gasteiger partial charge is 0.497 e. The lowest BCUT2D eigenvalue weighted by atomic mass is 10.0. The third-order valence-electron chi connectivity index (χ3n) is 7.31. The van der Waals surface area contributed by atoms with Crippen molar-refractivity contribution in [1.29, 1.82) is 0 Å². The minimum absolute atomic E-state index is 0.0515. The highest BCUT2D eigenvalue weighted by molar-refractivity contribution is 5.89. The molecule has 1 fully saturated rings. The van der Waals surface area contributed by atoms with Crippen LogP contribution in [-0.4, -0.2) is 64.9 Å². The monoisotopic (exact) mass is 557 g/mol. The molecule has 2 atom stereocenters. The Morgan fingerprint density at radius 3 is 2.83 bits per heavy atom. The molecule has 0 spiro atoms. The molecule has 3 aromatic carbocycles. The molecule has 212 valence electrons. The van der Waals surface area contributed by atoms with Crippen LogP contribution in [-0.2, 0) is 27.4 Å². The summed E-state index contributed by atoms with van der Waals surface area (Å²) >= 11 is 0. The molecule has 0 saturated carbocycles. The number of para-hydroxylation sites is 1. The van der Waals surface area contributed by atoms with E-state index in [2.05, 4.69) is 15.6 Å². The molecule has 2 amide bonds. The van der Waals surface area contributed by atoms with Gasteiger partial charge in [-0.1, -0.05) is 35.5 Å². The number of carbonyl (C=O) groups is 2. The van der Waals surface area contributed by atoms with Crippen LogP contribution in [0.5, 0.6) is 17.2 Å². The van der Waals surface area contributed by atoms with Crippen molar-refractivity contribution >= 4 is 22.8 Å². The van der Waals surface area contributed by atoms with Crippen LogP contribution in [0.3, 0.4) is 0 Å². The maximum atomic E-state index is 14.2. The third-order valence-corrected chi connectivity index (χ3v) is 7.31. The summed E-state index contributed by atoms with van der Waals surface area (Å²) in [4.78, 5) is 29.7. The van der Waals surface area contributed by atoms with Crippen molar-refractivity contribution in [3.63, 3.8) is 0 Å². The topological polar surface area (TPSA) is 117 Å². The number of aromatic nitrogens is 3. The van der Waals surface area contributed by atoms with Crippen LogP contribution < -0.4 is 19.5 Å². The van der Waals surface area contributed by atoms with Gasteiger partial charge in [0.25, 0.3) is 0 Å². The molecule has 41 heavy (non-hydrogen) atoms. The number of nitrogens with zero attached hydrogens (tertiary/aromatic N) is 4. The van der Waals surface area contributed by atoms with Crippen LogP contribution in [0.15, 0.2) is 66.7 Å². The van der Waals surface area contributed by atoms with Gasteiger partial charge in [-0.15, -0.1) is 5.10 Å². The van der Waals surface area contributed by atoms with Crippen LogP contribution in [0, 0.1) is 0 Å². The zero-order valence-electron chi connectivity index (χ0n) is 22.7. The minimum Gasteiger partial charge on any atom is -0.497 e. The van der Waals surface area contributed by atoms with Crippen LogP contribution in [0.4, 0.5) is 0 Å². The van der Waals surface area contributed by atoms with Crippen LogP contribution >= 0.6 is 0 Å². The maximum absolute atomic E-state index is 14.2. The quantitative estimate of drug-likeness (QED) is 0.316. The number of hydrogen-bond donors (Lipinski definition) is 1. The van der Waals surface area contributed by atoms with E-state index in [4.69, 9.17) is 18.9 Å². The Bertz CT molecular complexity index is 1550. The average molecular weight is 558 g/mol. The number of fused-ring (bicyclic) bond motifs is 2. The first-order valence-electron chi connectivity index (χ1n) is 13.6. The Hall–Kier alpha value is -4.64. The van der Waals surface area contributed by atoms with Crippen molar-refractivity contribution < 1.29 is 28.5 Å². The standard InChI is InChI=1S/C30H31N5O6/c1-38-22-7-4-6-21(15-22)29(30(37)31-16-23-8-5-13-39-23)34(17-20-11-12-26-27(14-20)41-19-40-26)28(36)18-35-25-10-3-2-9-24(25)32-33-35/h2-4,6-7,9-12,14-15,23,29H,5,8,13,16-19H2,1H3,(H,31,37)/t23-,29-/m0/s1. The predicted octanol–water partition coefficient (Wildman–Crippen LogP) is 3.23. The lowest BCUT2D eigenvalue weighted by Crippen LogP contribution is -2.46. The molecule has 1 aromatic heterocycles. The smallest absolute Gasteiger partial charge is 0.247 e. The van der Waals surface area contributed by atoms with Crippen LogP contribution in [0.1, 0.15) is 30.0 Å². The Morgan fingerprint density at radius 2 is 1.98 bits per heavy atom. The zero-order valence-corrected chi connectivity index (χ0v) is 22.7. The molecule has 1 saturated heterocycles. The van der Waals surface area contributed by atoms with E-state index in [9.17, 15) is 9.59 Å². The summed E-state index contributed by atoms with van der Waals surface area (Å²) in [6.07, 6.45) is 1.79. The van der Waals surface area contributed by atoms with Crippen molar-refractivity contribution in [2.45, 2.75) is 38.1 Å². The van der Waals surface area contributed by atoms with Crippen molar-refractivity contribution in [3.8, 4) is 17.2 Å². The van der Waals surface area contributed by atoms with Gasteiger partial charge < -0.3 is 29.2 Å². The van der Waals surface area contributed by atoms with Gasteiger partial charge in [0, 0.05) is 19.7 Å². The van der Waals surface area contributed by atoms with Gasteiger partial charge >= 0.3 is 0 Å². The Balaban J connectivity index is 1.37. The van der Waals surface area contributed by atoms with Gasteiger partial charge in [-0.2, -0.15) is 0 Å². The number of nitrogens with one attached hydrogen (secondary N) is 1. The summed E-state index contributed by atoms with van der Waals surface area (Å²) in [5.41, 5.74) is 2.81. The first kappa shape index (κ1) is 26.6. The Kier molecular flexibility index (Phi) is 7.68. The summed E-state index contributed by atoms with van der Waals surface area (Å²) in [5.74, 6) is 1.19. The second-order valence-electron chi connectivity index (χ2n) is 10.0. The van der Waals surface area contributed by atoms with E-state index in [0.717, 1.165) is 23.9 Å². The number of benzene rings is 3. The first-order valence-corrected chi connectivity index (χ1v) is 13.6. The summed E-state index contributed by atoms with van der Waals surface area (Å²) in [6, 6.07) is 19.2. The van der Waals surface area contributed by atoms with Crippen LogP contribution in [0.25, 0.3) is 11.0 Å². The molecule has 0 aliphatic carbocycles. The van der Waals surface area contributed by atoms with Gasteiger partial charge in [0.05, 0.1) is 18.7 Å². The molecule has 4 aromatic rings.